The number of alkyl carbamates (subject to hydrolysis) is 1. The van der Waals surface area contributed by atoms with Crippen LogP contribution in [0.25, 0.3) is 17.0 Å². The second-order valence-corrected chi connectivity index (χ2v) is 5.61. The summed E-state index contributed by atoms with van der Waals surface area (Å²) in [4.78, 5) is 26.0. The van der Waals surface area contributed by atoms with Gasteiger partial charge in [-0.1, -0.05) is 60.7 Å². The number of fused-ring (bicyclic) bond motifs is 1. The van der Waals surface area contributed by atoms with E-state index in [-0.39, 0.29) is 18.8 Å². The number of carboxylic acids is 1. The number of aromatic amines is 1. The van der Waals surface area contributed by atoms with Crippen molar-refractivity contribution in [2.45, 2.75) is 6.61 Å². The highest BCUT2D eigenvalue weighted by Crippen LogP contribution is 2.23. The third kappa shape index (κ3) is 4.10. The van der Waals surface area contributed by atoms with Gasteiger partial charge in [0, 0.05) is 23.0 Å². The highest BCUT2D eigenvalue weighted by molar-refractivity contribution is 6.01. The Morgan fingerprint density at radius 3 is 2.58 bits per heavy atom. The first-order valence-electron chi connectivity index (χ1n) is 8.10. The van der Waals surface area contributed by atoms with Crippen LogP contribution >= 0.6 is 0 Å². The van der Waals surface area contributed by atoms with E-state index < -0.39 is 12.1 Å². The van der Waals surface area contributed by atoms with Crippen LogP contribution in [0.5, 0.6) is 0 Å². The first kappa shape index (κ1) is 17.3. The van der Waals surface area contributed by atoms with E-state index in [1.807, 2.05) is 54.6 Å². The molecule has 0 aliphatic heterocycles. The second kappa shape index (κ2) is 8.02. The van der Waals surface area contributed by atoms with Gasteiger partial charge in [-0.15, -0.1) is 0 Å². The summed E-state index contributed by atoms with van der Waals surface area (Å²) < 4.78 is 5.11. The topological polar surface area (TPSA) is 91.4 Å². The Kier molecular flexibility index (Phi) is 5.34. The van der Waals surface area contributed by atoms with Gasteiger partial charge in [-0.25, -0.2) is 9.59 Å². The van der Waals surface area contributed by atoms with E-state index in [1.54, 1.807) is 12.2 Å². The van der Waals surface area contributed by atoms with E-state index in [1.165, 1.54) is 0 Å². The summed E-state index contributed by atoms with van der Waals surface area (Å²) in [7, 11) is 0. The first-order chi connectivity index (χ1) is 12.6. The largest absolute Gasteiger partial charge is 0.477 e. The number of rotatable bonds is 6. The summed E-state index contributed by atoms with van der Waals surface area (Å²) in [6.45, 7) is 0.425. The van der Waals surface area contributed by atoms with E-state index in [0.717, 1.165) is 16.5 Å². The van der Waals surface area contributed by atoms with Crippen molar-refractivity contribution >= 4 is 29.0 Å². The van der Waals surface area contributed by atoms with Crippen LogP contribution in [0, 0.1) is 0 Å². The van der Waals surface area contributed by atoms with Crippen LogP contribution in [0.15, 0.2) is 60.7 Å². The molecular weight excluding hydrogens is 332 g/mol. The van der Waals surface area contributed by atoms with Crippen LogP contribution < -0.4 is 5.32 Å². The van der Waals surface area contributed by atoms with Gasteiger partial charge in [0.1, 0.15) is 12.3 Å². The second-order valence-electron chi connectivity index (χ2n) is 5.61. The standard InChI is InChI=1S/C20H18N2O4/c23-19(24)18-16(15-9-4-5-11-17(15)22-18)10-6-12-21-20(25)26-13-14-7-2-1-3-8-14/h1-11,22H,12-13H2,(H,21,25)(H,23,24). The minimum absolute atomic E-state index is 0.120. The highest BCUT2D eigenvalue weighted by Gasteiger charge is 2.14. The Bertz CT molecular complexity index is 945. The zero-order valence-corrected chi connectivity index (χ0v) is 13.9. The molecular formula is C20H18N2O4. The molecule has 2 aromatic carbocycles. The molecule has 3 N–H and O–H groups in total. The lowest BCUT2D eigenvalue weighted by Crippen LogP contribution is -2.24. The molecule has 1 aromatic heterocycles. The molecule has 1 amide bonds. The van der Waals surface area contributed by atoms with Gasteiger partial charge in [-0.05, 0) is 11.6 Å². The van der Waals surface area contributed by atoms with Crippen molar-refractivity contribution in [3.8, 4) is 0 Å². The molecule has 3 rings (SSSR count). The fraction of sp³-hybridized carbons (Fsp3) is 0.100. The summed E-state index contributed by atoms with van der Waals surface area (Å²) in [6.07, 6.45) is 2.84. The van der Waals surface area contributed by atoms with Gasteiger partial charge in [0.25, 0.3) is 0 Å². The zero-order chi connectivity index (χ0) is 18.4. The minimum Gasteiger partial charge on any atom is -0.477 e. The van der Waals surface area contributed by atoms with Crippen LogP contribution in [0.2, 0.25) is 0 Å². The molecule has 0 atom stereocenters. The fourth-order valence-corrected chi connectivity index (χ4v) is 2.60. The maximum absolute atomic E-state index is 11.7. The molecule has 0 radical (unpaired) electrons. The number of hydrogen-bond donors (Lipinski definition) is 3. The van der Waals surface area contributed by atoms with Crippen molar-refractivity contribution in [1.82, 2.24) is 10.3 Å². The summed E-state index contributed by atoms with van der Waals surface area (Å²) in [5.41, 5.74) is 2.35. The molecule has 0 saturated heterocycles. The molecule has 0 aliphatic carbocycles. The summed E-state index contributed by atoms with van der Waals surface area (Å²) in [5.74, 6) is -1.03. The van der Waals surface area contributed by atoms with E-state index in [9.17, 15) is 14.7 Å². The lowest BCUT2D eigenvalue weighted by molar-refractivity contribution is 0.0691. The summed E-state index contributed by atoms with van der Waals surface area (Å²) in [6, 6.07) is 16.7. The summed E-state index contributed by atoms with van der Waals surface area (Å²) in [5, 5.41) is 12.8. The van der Waals surface area contributed by atoms with Gasteiger partial charge in [-0.2, -0.15) is 0 Å². The van der Waals surface area contributed by atoms with E-state index in [0.29, 0.717) is 5.56 Å². The van der Waals surface area contributed by atoms with Crippen molar-refractivity contribution in [3.63, 3.8) is 0 Å². The number of carbonyl (C=O) groups is 2. The smallest absolute Gasteiger partial charge is 0.407 e. The van der Waals surface area contributed by atoms with Gasteiger partial charge in [0.05, 0.1) is 0 Å². The molecule has 0 unspecified atom stereocenters. The molecule has 0 spiro atoms. The van der Waals surface area contributed by atoms with Gasteiger partial charge in [0.2, 0.25) is 0 Å². The number of nitrogens with one attached hydrogen (secondary N) is 2. The number of hydrogen-bond acceptors (Lipinski definition) is 3. The number of ether oxygens (including phenoxy) is 1. The number of carbonyl (C=O) groups excluding carboxylic acids is 1. The van der Waals surface area contributed by atoms with Gasteiger partial charge in [0.15, 0.2) is 0 Å². The number of carboxylic acid groups (broad SMARTS) is 1. The van der Waals surface area contributed by atoms with Crippen LogP contribution in [0.3, 0.4) is 0 Å². The molecule has 132 valence electrons. The Balaban J connectivity index is 1.59. The number of para-hydroxylation sites is 1. The molecule has 0 bridgehead atoms. The quantitative estimate of drug-likeness (QED) is 0.630. The van der Waals surface area contributed by atoms with Crippen molar-refractivity contribution in [3.05, 3.63) is 77.5 Å². The number of amides is 1. The third-order valence-electron chi connectivity index (χ3n) is 3.82. The molecule has 0 saturated carbocycles. The maximum Gasteiger partial charge on any atom is 0.407 e. The van der Waals surface area contributed by atoms with Gasteiger partial charge >= 0.3 is 12.1 Å². The van der Waals surface area contributed by atoms with Crippen molar-refractivity contribution in [2.24, 2.45) is 0 Å². The van der Waals surface area contributed by atoms with Crippen LogP contribution in [-0.4, -0.2) is 28.7 Å². The average molecular weight is 350 g/mol. The molecule has 3 aromatic rings. The maximum atomic E-state index is 11.7. The van der Waals surface area contributed by atoms with Crippen molar-refractivity contribution < 1.29 is 19.4 Å². The average Bonchev–Trinajstić information content (AvgIpc) is 3.03. The van der Waals surface area contributed by atoms with Crippen LogP contribution in [0.1, 0.15) is 21.6 Å². The Morgan fingerprint density at radius 1 is 1.08 bits per heavy atom. The normalized spacial score (nSPS) is 10.9. The van der Waals surface area contributed by atoms with Crippen LogP contribution in [0.4, 0.5) is 4.79 Å². The van der Waals surface area contributed by atoms with Crippen molar-refractivity contribution in [2.75, 3.05) is 6.54 Å². The van der Waals surface area contributed by atoms with Crippen LogP contribution in [-0.2, 0) is 11.3 Å². The summed E-state index contributed by atoms with van der Waals surface area (Å²) >= 11 is 0. The Labute approximate surface area is 150 Å². The highest BCUT2D eigenvalue weighted by atomic mass is 16.5. The van der Waals surface area contributed by atoms with Gasteiger partial charge < -0.3 is 20.1 Å². The predicted molar refractivity (Wildman–Crippen MR) is 98.9 cm³/mol. The van der Waals surface area contributed by atoms with Crippen molar-refractivity contribution in [1.29, 1.82) is 0 Å². The molecule has 6 heteroatoms. The first-order valence-corrected chi connectivity index (χ1v) is 8.10. The predicted octanol–water partition coefficient (Wildman–Crippen LogP) is 3.81. The number of aromatic nitrogens is 1. The van der Waals surface area contributed by atoms with E-state index in [4.69, 9.17) is 4.74 Å². The number of H-pyrrole nitrogens is 1. The molecule has 0 aliphatic rings. The minimum atomic E-state index is -1.03. The zero-order valence-electron chi connectivity index (χ0n) is 13.9. The molecule has 0 fully saturated rings. The Morgan fingerprint density at radius 2 is 1.81 bits per heavy atom. The van der Waals surface area contributed by atoms with Gasteiger partial charge in [-0.3, -0.25) is 0 Å². The lowest BCUT2D eigenvalue weighted by Gasteiger charge is -2.05. The number of aromatic carboxylic acids is 1. The molecule has 26 heavy (non-hydrogen) atoms. The third-order valence-corrected chi connectivity index (χ3v) is 3.82. The Hall–Kier alpha value is -3.54. The van der Waals surface area contributed by atoms with E-state index >= 15 is 0 Å². The molecule has 6 nitrogen and oxygen atoms in total. The lowest BCUT2D eigenvalue weighted by atomic mass is 10.1. The molecule has 1 heterocycles. The SMILES string of the molecule is O=C(NCC=Cc1c(C(=O)O)[nH]c2ccccc12)OCc1ccccc1. The fourth-order valence-electron chi connectivity index (χ4n) is 2.60. The van der Waals surface area contributed by atoms with E-state index in [2.05, 4.69) is 10.3 Å². The monoisotopic (exact) mass is 350 g/mol. The number of benzene rings is 2.